The zero-order valence-electron chi connectivity index (χ0n) is 15.8. The molecule has 0 aromatic heterocycles. The summed E-state index contributed by atoms with van der Waals surface area (Å²) in [5.74, 6) is -0.352. The average Bonchev–Trinajstić information content (AvgIpc) is 3.05. The number of carbonyl (C=O) groups excluding carboxylic acids is 1. The first-order valence-corrected chi connectivity index (χ1v) is 9.41. The second kappa shape index (κ2) is 7.58. The largest absolute Gasteiger partial charge is 0.469 e. The number of carbonyl (C=O) groups is 1. The lowest BCUT2D eigenvalue weighted by atomic mass is 9.80. The van der Waals surface area contributed by atoms with Gasteiger partial charge in [0.1, 0.15) is 0 Å². The highest BCUT2D eigenvalue weighted by molar-refractivity contribution is 5.83. The molecule has 2 N–H and O–H groups in total. The Labute approximate surface area is 164 Å². The van der Waals surface area contributed by atoms with Crippen LogP contribution in [0.2, 0.25) is 0 Å². The Balaban J connectivity index is 1.94. The lowest BCUT2D eigenvalue weighted by Crippen LogP contribution is -2.50. The molecule has 0 unspecified atom stereocenters. The van der Waals surface area contributed by atoms with Crippen molar-refractivity contribution in [2.24, 2.45) is 0 Å². The summed E-state index contributed by atoms with van der Waals surface area (Å²) in [6, 6.07) is 26.3. The number of aliphatic hydroxyl groups excluding tert-OH is 1. The van der Waals surface area contributed by atoms with E-state index in [1.165, 1.54) is 7.11 Å². The van der Waals surface area contributed by atoms with E-state index >= 15 is 0 Å². The van der Waals surface area contributed by atoms with E-state index < -0.39 is 11.6 Å². The van der Waals surface area contributed by atoms with E-state index in [9.17, 15) is 9.90 Å². The van der Waals surface area contributed by atoms with Crippen molar-refractivity contribution in [3.8, 4) is 11.1 Å². The highest BCUT2D eigenvalue weighted by Gasteiger charge is 2.45. The van der Waals surface area contributed by atoms with E-state index in [1.807, 2.05) is 42.5 Å². The Morgan fingerprint density at radius 1 is 0.929 bits per heavy atom. The van der Waals surface area contributed by atoms with Gasteiger partial charge in [0.2, 0.25) is 0 Å². The predicted molar refractivity (Wildman–Crippen MR) is 109 cm³/mol. The molecule has 3 aromatic rings. The first-order chi connectivity index (χ1) is 13.7. The lowest BCUT2D eigenvalue weighted by molar-refractivity contribution is -0.141. The average molecular weight is 373 g/mol. The number of esters is 1. The molecule has 4 rings (SSSR count). The molecule has 0 radical (unpaired) electrons. The number of ether oxygens (including phenoxy) is 1. The smallest absolute Gasteiger partial charge is 0.307 e. The molecule has 0 saturated heterocycles. The van der Waals surface area contributed by atoms with Gasteiger partial charge in [-0.25, -0.2) is 0 Å². The maximum Gasteiger partial charge on any atom is 0.307 e. The molecule has 0 amide bonds. The van der Waals surface area contributed by atoms with E-state index in [1.54, 1.807) is 0 Å². The Bertz CT molecular complexity index is 938. The van der Waals surface area contributed by atoms with Crippen LogP contribution >= 0.6 is 0 Å². The minimum atomic E-state index is -0.657. The SMILES string of the molecule is COC(=O)C[C@H](CO)NC1(c2ccccc2)c2ccccc2-c2ccccc21. The molecule has 28 heavy (non-hydrogen) atoms. The molecule has 0 spiro atoms. The van der Waals surface area contributed by atoms with Crippen LogP contribution in [0.3, 0.4) is 0 Å². The van der Waals surface area contributed by atoms with E-state index in [2.05, 4.69) is 41.7 Å². The molecular weight excluding hydrogens is 350 g/mol. The first-order valence-electron chi connectivity index (χ1n) is 9.41. The molecule has 142 valence electrons. The van der Waals surface area contributed by atoms with Gasteiger partial charge in [0, 0.05) is 6.04 Å². The molecule has 4 nitrogen and oxygen atoms in total. The minimum Gasteiger partial charge on any atom is -0.469 e. The number of fused-ring (bicyclic) bond motifs is 3. The Morgan fingerprint density at radius 3 is 2.00 bits per heavy atom. The maximum absolute atomic E-state index is 11.9. The summed E-state index contributed by atoms with van der Waals surface area (Å²) in [5, 5.41) is 13.6. The molecule has 1 aliphatic carbocycles. The Kier molecular flexibility index (Phi) is 4.99. The summed E-state index contributed by atoms with van der Waals surface area (Å²) < 4.78 is 4.83. The standard InChI is InChI=1S/C24H23NO3/c1-28-23(27)15-18(16-26)25-24(17-9-3-2-4-10-17)21-13-7-5-11-19(21)20-12-6-8-14-22(20)24/h2-14,18,25-26H,15-16H2,1H3/t18-/m1/s1. The van der Waals surface area contributed by atoms with Crippen molar-refractivity contribution in [2.45, 2.75) is 18.0 Å². The van der Waals surface area contributed by atoms with Crippen LogP contribution in [0.1, 0.15) is 23.1 Å². The van der Waals surface area contributed by atoms with Crippen LogP contribution in [0, 0.1) is 0 Å². The summed E-state index contributed by atoms with van der Waals surface area (Å²) in [6.45, 7) is -0.173. The van der Waals surface area contributed by atoms with Crippen molar-refractivity contribution >= 4 is 5.97 Å². The predicted octanol–water partition coefficient (Wildman–Crippen LogP) is 3.47. The number of hydrogen-bond acceptors (Lipinski definition) is 4. The van der Waals surface area contributed by atoms with Crippen LogP contribution in [0.15, 0.2) is 78.9 Å². The fourth-order valence-corrected chi connectivity index (χ4v) is 4.22. The molecule has 0 fully saturated rings. The van der Waals surface area contributed by atoms with Crippen LogP contribution in [0.4, 0.5) is 0 Å². The van der Waals surface area contributed by atoms with Crippen molar-refractivity contribution < 1.29 is 14.6 Å². The molecule has 1 atom stereocenters. The molecule has 0 saturated carbocycles. The van der Waals surface area contributed by atoms with Crippen LogP contribution < -0.4 is 5.32 Å². The fourth-order valence-electron chi connectivity index (χ4n) is 4.22. The van der Waals surface area contributed by atoms with Gasteiger partial charge in [0.05, 0.1) is 25.7 Å². The molecule has 4 heteroatoms. The lowest BCUT2D eigenvalue weighted by Gasteiger charge is -2.37. The van der Waals surface area contributed by atoms with Crippen molar-refractivity contribution in [2.75, 3.05) is 13.7 Å². The highest BCUT2D eigenvalue weighted by Crippen LogP contribution is 2.51. The molecule has 0 aliphatic heterocycles. The monoisotopic (exact) mass is 373 g/mol. The molecule has 0 bridgehead atoms. The van der Waals surface area contributed by atoms with Gasteiger partial charge < -0.3 is 9.84 Å². The second-order valence-corrected chi connectivity index (χ2v) is 7.01. The maximum atomic E-state index is 11.9. The fraction of sp³-hybridized carbons (Fsp3) is 0.208. The van der Waals surface area contributed by atoms with Gasteiger partial charge in [-0.3, -0.25) is 10.1 Å². The third kappa shape index (κ3) is 2.91. The van der Waals surface area contributed by atoms with Crippen LogP contribution in [0.25, 0.3) is 11.1 Å². The zero-order valence-corrected chi connectivity index (χ0v) is 15.8. The van der Waals surface area contributed by atoms with Gasteiger partial charge in [-0.1, -0.05) is 78.9 Å². The van der Waals surface area contributed by atoms with Gasteiger partial charge in [-0.05, 0) is 27.8 Å². The second-order valence-electron chi connectivity index (χ2n) is 7.01. The molecule has 1 aliphatic rings. The quantitative estimate of drug-likeness (QED) is 0.650. The number of rotatable bonds is 6. The summed E-state index contributed by atoms with van der Waals surface area (Å²) in [4.78, 5) is 11.9. The van der Waals surface area contributed by atoms with E-state index in [0.29, 0.717) is 0 Å². The normalized spacial score (nSPS) is 14.8. The van der Waals surface area contributed by atoms with Gasteiger partial charge in [-0.2, -0.15) is 0 Å². The number of nitrogens with one attached hydrogen (secondary N) is 1. The van der Waals surface area contributed by atoms with E-state index in [0.717, 1.165) is 27.8 Å². The highest BCUT2D eigenvalue weighted by atomic mass is 16.5. The summed E-state index contributed by atoms with van der Waals surface area (Å²) in [6.07, 6.45) is 0.0892. The van der Waals surface area contributed by atoms with Gasteiger partial charge in [0.15, 0.2) is 0 Å². The van der Waals surface area contributed by atoms with Crippen molar-refractivity contribution in [3.63, 3.8) is 0 Å². The summed E-state index contributed by atoms with van der Waals surface area (Å²) >= 11 is 0. The van der Waals surface area contributed by atoms with E-state index in [-0.39, 0.29) is 19.0 Å². The van der Waals surface area contributed by atoms with Crippen LogP contribution in [0.5, 0.6) is 0 Å². The van der Waals surface area contributed by atoms with Crippen LogP contribution in [-0.4, -0.2) is 30.8 Å². The van der Waals surface area contributed by atoms with Crippen molar-refractivity contribution in [3.05, 3.63) is 95.6 Å². The third-order valence-corrected chi connectivity index (χ3v) is 5.44. The number of aliphatic hydroxyl groups is 1. The van der Waals surface area contributed by atoms with Gasteiger partial charge >= 0.3 is 5.97 Å². The Morgan fingerprint density at radius 2 is 1.46 bits per heavy atom. The molecule has 3 aromatic carbocycles. The van der Waals surface area contributed by atoms with Crippen LogP contribution in [-0.2, 0) is 15.1 Å². The Hall–Kier alpha value is -2.95. The van der Waals surface area contributed by atoms with Crippen molar-refractivity contribution in [1.29, 1.82) is 0 Å². The first kappa shape index (κ1) is 18.4. The zero-order chi connectivity index (χ0) is 19.6. The number of hydrogen-bond donors (Lipinski definition) is 2. The van der Waals surface area contributed by atoms with Gasteiger partial charge in [0.25, 0.3) is 0 Å². The number of benzene rings is 3. The minimum absolute atomic E-state index is 0.0892. The van der Waals surface area contributed by atoms with E-state index in [4.69, 9.17) is 4.74 Å². The number of methoxy groups -OCH3 is 1. The van der Waals surface area contributed by atoms with Gasteiger partial charge in [-0.15, -0.1) is 0 Å². The third-order valence-electron chi connectivity index (χ3n) is 5.44. The molecule has 0 heterocycles. The van der Waals surface area contributed by atoms with Crippen molar-refractivity contribution in [1.82, 2.24) is 5.32 Å². The molecular formula is C24H23NO3. The topological polar surface area (TPSA) is 58.6 Å². The summed E-state index contributed by atoms with van der Waals surface area (Å²) in [7, 11) is 1.36. The summed E-state index contributed by atoms with van der Waals surface area (Å²) in [5.41, 5.74) is 4.95.